The Morgan fingerprint density at radius 1 is 1.21 bits per heavy atom. The molecule has 0 spiro atoms. The van der Waals surface area contributed by atoms with E-state index < -0.39 is 0 Å². The fourth-order valence-corrected chi connectivity index (χ4v) is 3.03. The maximum Gasteiger partial charge on any atom is 0.274 e. The largest absolute Gasteiger partial charge is 0.489 e. The third kappa shape index (κ3) is 3.96. The highest BCUT2D eigenvalue weighted by Crippen LogP contribution is 2.21. The summed E-state index contributed by atoms with van der Waals surface area (Å²) in [7, 11) is 0. The van der Waals surface area contributed by atoms with Crippen LogP contribution in [0.4, 0.5) is 0 Å². The summed E-state index contributed by atoms with van der Waals surface area (Å²) in [5.41, 5.74) is 2.23. The van der Waals surface area contributed by atoms with E-state index in [9.17, 15) is 4.79 Å². The number of carbonyl (C=O) groups is 1. The van der Waals surface area contributed by atoms with E-state index in [0.29, 0.717) is 17.0 Å². The van der Waals surface area contributed by atoms with Gasteiger partial charge in [0.2, 0.25) is 0 Å². The lowest BCUT2D eigenvalue weighted by molar-refractivity contribution is 0.0916. The first-order valence-corrected chi connectivity index (χ1v) is 8.59. The third-order valence-electron chi connectivity index (χ3n) is 4.54. The third-order valence-corrected chi connectivity index (χ3v) is 4.54. The number of amides is 1. The molecule has 2 aromatic rings. The van der Waals surface area contributed by atoms with Gasteiger partial charge in [-0.25, -0.2) is 0 Å². The Kier molecular flexibility index (Phi) is 5.18. The highest BCUT2D eigenvalue weighted by atomic mass is 16.5. The maximum absolute atomic E-state index is 12.5. The van der Waals surface area contributed by atoms with Crippen LogP contribution in [0.2, 0.25) is 0 Å². The van der Waals surface area contributed by atoms with Gasteiger partial charge in [0.15, 0.2) is 5.69 Å². The summed E-state index contributed by atoms with van der Waals surface area (Å²) >= 11 is 0. The van der Waals surface area contributed by atoms with Crippen molar-refractivity contribution >= 4 is 5.91 Å². The number of rotatable bonds is 5. The van der Waals surface area contributed by atoms with Crippen LogP contribution >= 0.6 is 0 Å². The zero-order valence-corrected chi connectivity index (χ0v) is 14.3. The van der Waals surface area contributed by atoms with E-state index >= 15 is 0 Å². The zero-order chi connectivity index (χ0) is 16.9. The molecule has 1 aromatic heterocycles. The molecule has 0 atom stereocenters. The molecule has 24 heavy (non-hydrogen) atoms. The Morgan fingerprint density at radius 3 is 2.62 bits per heavy atom. The second-order valence-electron chi connectivity index (χ2n) is 6.48. The van der Waals surface area contributed by atoms with Crippen LogP contribution in [0, 0.1) is 13.8 Å². The van der Waals surface area contributed by atoms with E-state index in [1.807, 2.05) is 31.2 Å². The van der Waals surface area contributed by atoms with Gasteiger partial charge >= 0.3 is 0 Å². The fraction of sp³-hybridized carbons (Fsp3) is 0.474. The van der Waals surface area contributed by atoms with E-state index in [0.717, 1.165) is 18.6 Å². The van der Waals surface area contributed by atoms with E-state index in [4.69, 9.17) is 9.26 Å². The van der Waals surface area contributed by atoms with Gasteiger partial charge in [-0.05, 0) is 38.8 Å². The molecule has 1 N–H and O–H groups in total. The maximum atomic E-state index is 12.5. The SMILES string of the molecule is Cc1ccc(OCc2c(C(=O)NC3CCCCC3)noc2C)cc1. The molecule has 1 aliphatic rings. The van der Waals surface area contributed by atoms with Crippen molar-refractivity contribution in [3.05, 3.63) is 46.8 Å². The standard InChI is InChI=1S/C19H24N2O3/c1-13-8-10-16(11-9-13)23-12-17-14(2)24-21-18(17)19(22)20-15-6-4-3-5-7-15/h8-11,15H,3-7,12H2,1-2H3,(H,20,22). The van der Waals surface area contributed by atoms with Crippen LogP contribution < -0.4 is 10.1 Å². The number of aromatic nitrogens is 1. The lowest BCUT2D eigenvalue weighted by Crippen LogP contribution is -2.36. The van der Waals surface area contributed by atoms with Gasteiger partial charge in [0.05, 0.1) is 5.56 Å². The number of benzene rings is 1. The lowest BCUT2D eigenvalue weighted by atomic mass is 9.95. The van der Waals surface area contributed by atoms with E-state index in [1.165, 1.54) is 24.8 Å². The molecular formula is C19H24N2O3. The summed E-state index contributed by atoms with van der Waals surface area (Å²) in [5, 5.41) is 7.02. The Bertz CT molecular complexity index is 685. The second kappa shape index (κ2) is 7.51. The minimum atomic E-state index is -0.166. The molecule has 0 unspecified atom stereocenters. The summed E-state index contributed by atoms with van der Waals surface area (Å²) < 4.78 is 11.0. The molecule has 1 amide bonds. The highest BCUT2D eigenvalue weighted by Gasteiger charge is 2.23. The number of hydrogen-bond acceptors (Lipinski definition) is 4. The molecule has 0 saturated heterocycles. The summed E-state index contributed by atoms with van der Waals surface area (Å²) in [6, 6.07) is 8.06. The summed E-state index contributed by atoms with van der Waals surface area (Å²) in [6.07, 6.45) is 5.68. The van der Waals surface area contributed by atoms with Crippen LogP contribution in [0.1, 0.15) is 59.5 Å². The molecule has 1 aromatic carbocycles. The van der Waals surface area contributed by atoms with Crippen molar-refractivity contribution in [2.75, 3.05) is 0 Å². The Hall–Kier alpha value is -2.30. The van der Waals surface area contributed by atoms with Crippen molar-refractivity contribution in [3.8, 4) is 5.75 Å². The predicted molar refractivity (Wildman–Crippen MR) is 91.1 cm³/mol. The van der Waals surface area contributed by atoms with Crippen molar-refractivity contribution in [2.45, 2.75) is 58.6 Å². The Labute approximate surface area is 142 Å². The summed E-state index contributed by atoms with van der Waals surface area (Å²) in [4.78, 5) is 12.5. The van der Waals surface area contributed by atoms with Gasteiger partial charge < -0.3 is 14.6 Å². The van der Waals surface area contributed by atoms with E-state index in [-0.39, 0.29) is 18.6 Å². The van der Waals surface area contributed by atoms with Crippen LogP contribution in [-0.2, 0) is 6.61 Å². The Balaban J connectivity index is 1.66. The molecule has 5 heteroatoms. The number of nitrogens with zero attached hydrogens (tertiary/aromatic N) is 1. The molecule has 3 rings (SSSR count). The minimum absolute atomic E-state index is 0.166. The number of carbonyl (C=O) groups excluding carboxylic acids is 1. The number of aryl methyl sites for hydroxylation is 2. The van der Waals surface area contributed by atoms with Crippen molar-refractivity contribution in [2.24, 2.45) is 0 Å². The summed E-state index contributed by atoms with van der Waals surface area (Å²) in [5.74, 6) is 1.22. The van der Waals surface area contributed by atoms with E-state index in [1.54, 1.807) is 6.92 Å². The number of ether oxygens (including phenoxy) is 1. The molecule has 1 aliphatic carbocycles. The summed E-state index contributed by atoms with van der Waals surface area (Å²) in [6.45, 7) is 4.10. The molecule has 1 heterocycles. The van der Waals surface area contributed by atoms with Crippen LogP contribution in [0.5, 0.6) is 5.75 Å². The monoisotopic (exact) mass is 328 g/mol. The van der Waals surface area contributed by atoms with Crippen molar-refractivity contribution < 1.29 is 14.1 Å². The molecule has 5 nitrogen and oxygen atoms in total. The minimum Gasteiger partial charge on any atom is -0.489 e. The zero-order valence-electron chi connectivity index (χ0n) is 14.3. The number of hydrogen-bond donors (Lipinski definition) is 1. The first kappa shape index (κ1) is 16.6. The van der Waals surface area contributed by atoms with Gasteiger partial charge in [0.1, 0.15) is 18.1 Å². The van der Waals surface area contributed by atoms with E-state index in [2.05, 4.69) is 10.5 Å². The molecule has 1 saturated carbocycles. The molecule has 0 radical (unpaired) electrons. The van der Waals surface area contributed by atoms with Gasteiger partial charge in [-0.2, -0.15) is 0 Å². The fourth-order valence-electron chi connectivity index (χ4n) is 3.03. The molecular weight excluding hydrogens is 304 g/mol. The van der Waals surface area contributed by atoms with Crippen LogP contribution in [0.15, 0.2) is 28.8 Å². The first-order valence-electron chi connectivity index (χ1n) is 8.59. The van der Waals surface area contributed by atoms with Gasteiger partial charge in [-0.1, -0.05) is 42.1 Å². The topological polar surface area (TPSA) is 64.4 Å². The van der Waals surface area contributed by atoms with Gasteiger partial charge in [0.25, 0.3) is 5.91 Å². The predicted octanol–water partition coefficient (Wildman–Crippen LogP) is 3.93. The van der Waals surface area contributed by atoms with Gasteiger partial charge in [-0.3, -0.25) is 4.79 Å². The lowest BCUT2D eigenvalue weighted by Gasteiger charge is -2.22. The van der Waals surface area contributed by atoms with Gasteiger partial charge in [-0.15, -0.1) is 0 Å². The normalized spacial score (nSPS) is 15.2. The molecule has 0 bridgehead atoms. The van der Waals surface area contributed by atoms with Crippen LogP contribution in [-0.4, -0.2) is 17.1 Å². The average Bonchev–Trinajstić information content (AvgIpc) is 2.96. The van der Waals surface area contributed by atoms with Crippen LogP contribution in [0.25, 0.3) is 0 Å². The quantitative estimate of drug-likeness (QED) is 0.903. The molecule has 128 valence electrons. The number of nitrogens with one attached hydrogen (secondary N) is 1. The van der Waals surface area contributed by atoms with Crippen molar-refractivity contribution in [1.82, 2.24) is 10.5 Å². The average molecular weight is 328 g/mol. The molecule has 1 fully saturated rings. The Morgan fingerprint density at radius 2 is 1.92 bits per heavy atom. The van der Waals surface area contributed by atoms with Crippen molar-refractivity contribution in [3.63, 3.8) is 0 Å². The highest BCUT2D eigenvalue weighted by molar-refractivity contribution is 5.94. The molecule has 0 aliphatic heterocycles. The first-order chi connectivity index (χ1) is 11.6. The van der Waals surface area contributed by atoms with Crippen LogP contribution in [0.3, 0.4) is 0 Å². The smallest absolute Gasteiger partial charge is 0.274 e. The van der Waals surface area contributed by atoms with Crippen molar-refractivity contribution in [1.29, 1.82) is 0 Å². The second-order valence-corrected chi connectivity index (χ2v) is 6.48. The van der Waals surface area contributed by atoms with Gasteiger partial charge in [0, 0.05) is 6.04 Å².